The summed E-state index contributed by atoms with van der Waals surface area (Å²) < 4.78 is 6.18. The fourth-order valence-corrected chi connectivity index (χ4v) is 6.52. The third kappa shape index (κ3) is 5.78. The Kier molecular flexibility index (Phi) is 7.75. The Bertz CT molecular complexity index is 1690. The number of anilines is 1. The van der Waals surface area contributed by atoms with Crippen LogP contribution in [0.4, 0.5) is 5.82 Å². The minimum absolute atomic E-state index is 0.206. The molecule has 0 aliphatic carbocycles. The molecule has 11 nitrogen and oxygen atoms in total. The fraction of sp³-hybridized carbons (Fsp3) is 0.312. The second kappa shape index (κ2) is 12.1. The van der Waals surface area contributed by atoms with Gasteiger partial charge in [-0.15, -0.1) is 11.3 Å². The molecule has 2 aromatic carbocycles. The van der Waals surface area contributed by atoms with Gasteiger partial charge in [-0.3, -0.25) is 29.6 Å². The van der Waals surface area contributed by atoms with Gasteiger partial charge in [0.25, 0.3) is 5.91 Å². The quantitative estimate of drug-likeness (QED) is 0.300. The first-order chi connectivity index (χ1) is 21.5. The van der Waals surface area contributed by atoms with E-state index in [1.54, 1.807) is 28.7 Å². The zero-order valence-corrected chi connectivity index (χ0v) is 24.8. The monoisotopic (exact) mass is 609 g/mol. The third-order valence-electron chi connectivity index (χ3n) is 8.35. The van der Waals surface area contributed by atoms with Gasteiger partial charge < -0.3 is 14.5 Å². The molecule has 5 heterocycles. The van der Waals surface area contributed by atoms with Gasteiger partial charge in [0.1, 0.15) is 24.2 Å². The Hall–Kier alpha value is -4.68. The van der Waals surface area contributed by atoms with Crippen LogP contribution in [-0.2, 0) is 29.3 Å². The highest BCUT2D eigenvalue weighted by Crippen LogP contribution is 2.34. The predicted molar refractivity (Wildman–Crippen MR) is 164 cm³/mol. The Labute approximate surface area is 258 Å². The van der Waals surface area contributed by atoms with Gasteiger partial charge in [-0.25, -0.2) is 9.97 Å². The van der Waals surface area contributed by atoms with E-state index in [4.69, 9.17) is 9.72 Å². The summed E-state index contributed by atoms with van der Waals surface area (Å²) in [5.41, 5.74) is 5.38. The van der Waals surface area contributed by atoms with Crippen molar-refractivity contribution in [1.29, 1.82) is 0 Å². The molecule has 0 radical (unpaired) electrons. The lowest BCUT2D eigenvalue weighted by atomic mass is 10.0. The molecule has 0 spiro atoms. The number of fused-ring (bicyclic) bond motifs is 1. The van der Waals surface area contributed by atoms with Gasteiger partial charge in [0.15, 0.2) is 5.82 Å². The summed E-state index contributed by atoms with van der Waals surface area (Å²) in [6.07, 6.45) is 4.17. The summed E-state index contributed by atoms with van der Waals surface area (Å²) in [4.78, 5) is 57.6. The van der Waals surface area contributed by atoms with E-state index < -0.39 is 11.9 Å². The van der Waals surface area contributed by atoms with Crippen molar-refractivity contribution in [2.75, 3.05) is 31.1 Å². The van der Waals surface area contributed by atoms with Crippen LogP contribution in [0.15, 0.2) is 66.4 Å². The van der Waals surface area contributed by atoms with Crippen molar-refractivity contribution in [2.45, 2.75) is 38.6 Å². The van der Waals surface area contributed by atoms with Crippen molar-refractivity contribution in [2.24, 2.45) is 0 Å². The molecule has 2 saturated heterocycles. The Balaban J connectivity index is 0.922. The molecule has 4 aromatic rings. The first kappa shape index (κ1) is 28.1. The van der Waals surface area contributed by atoms with Crippen LogP contribution in [0.25, 0.3) is 10.7 Å². The summed E-state index contributed by atoms with van der Waals surface area (Å²) in [5.74, 6) is 1.38. The molecule has 2 fully saturated rings. The molecule has 3 aliphatic heterocycles. The van der Waals surface area contributed by atoms with Gasteiger partial charge in [0.2, 0.25) is 11.8 Å². The van der Waals surface area contributed by atoms with E-state index in [2.05, 4.69) is 49.4 Å². The van der Waals surface area contributed by atoms with Crippen LogP contribution >= 0.6 is 11.3 Å². The molecule has 3 amide bonds. The molecule has 44 heavy (non-hydrogen) atoms. The number of carbonyl (C=O) groups excluding carboxylic acids is 3. The number of hydrogen-bond acceptors (Lipinski definition) is 10. The van der Waals surface area contributed by atoms with Crippen LogP contribution in [-0.4, -0.2) is 74.7 Å². The number of rotatable bonds is 8. The maximum absolute atomic E-state index is 13.1. The summed E-state index contributed by atoms with van der Waals surface area (Å²) in [7, 11) is 0. The topological polar surface area (TPSA) is 121 Å². The van der Waals surface area contributed by atoms with Gasteiger partial charge in [0, 0.05) is 62.7 Å². The molecule has 0 bridgehead atoms. The van der Waals surface area contributed by atoms with Crippen molar-refractivity contribution in [3.05, 3.63) is 88.7 Å². The first-order valence-electron chi connectivity index (χ1n) is 14.7. The molecule has 0 unspecified atom stereocenters. The second-order valence-corrected chi connectivity index (χ2v) is 12.0. The molecule has 0 saturated carbocycles. The van der Waals surface area contributed by atoms with Crippen molar-refractivity contribution in [1.82, 2.24) is 30.1 Å². The maximum Gasteiger partial charge on any atom is 0.255 e. The number of hydrogen-bond donors (Lipinski definition) is 1. The van der Waals surface area contributed by atoms with Crippen molar-refractivity contribution in [3.8, 4) is 16.5 Å². The van der Waals surface area contributed by atoms with E-state index >= 15 is 0 Å². The summed E-state index contributed by atoms with van der Waals surface area (Å²) in [6, 6.07) is 15.2. The summed E-state index contributed by atoms with van der Waals surface area (Å²) in [6.45, 7) is 5.20. The van der Waals surface area contributed by atoms with Crippen LogP contribution in [0.2, 0.25) is 0 Å². The Morgan fingerprint density at radius 3 is 2.57 bits per heavy atom. The van der Waals surface area contributed by atoms with Crippen LogP contribution < -0.4 is 15.0 Å². The largest absolute Gasteiger partial charge is 0.489 e. The highest BCUT2D eigenvalue weighted by molar-refractivity contribution is 7.13. The number of nitrogens with zero attached hydrogens (tertiary/aromatic N) is 6. The average molecular weight is 610 g/mol. The lowest BCUT2D eigenvalue weighted by molar-refractivity contribution is -0.136. The van der Waals surface area contributed by atoms with Gasteiger partial charge in [0.05, 0.1) is 16.9 Å². The number of carbonyl (C=O) groups is 3. The maximum atomic E-state index is 13.1. The summed E-state index contributed by atoms with van der Waals surface area (Å²) in [5, 5.41) is 2.35. The average Bonchev–Trinajstić information content (AvgIpc) is 3.70. The van der Waals surface area contributed by atoms with Gasteiger partial charge >= 0.3 is 0 Å². The molecule has 1 atom stereocenters. The Morgan fingerprint density at radius 1 is 0.977 bits per heavy atom. The zero-order valence-electron chi connectivity index (χ0n) is 24.0. The molecule has 1 N–H and O–H groups in total. The lowest BCUT2D eigenvalue weighted by Gasteiger charge is -2.35. The minimum atomic E-state index is -0.648. The fourth-order valence-electron chi connectivity index (χ4n) is 5.96. The number of piperazine rings is 1. The van der Waals surface area contributed by atoms with E-state index in [0.29, 0.717) is 24.3 Å². The SMILES string of the molecule is O=C1CC[C@H](N2Cc3c(OCc4ccc(CN5CCN(c6ccnc(-c7cncs7)n6)CC5)cc4)cccc3C2=O)C(=O)N1. The van der Waals surface area contributed by atoms with E-state index in [1.165, 1.54) is 16.9 Å². The van der Waals surface area contributed by atoms with E-state index in [0.717, 1.165) is 60.4 Å². The highest BCUT2D eigenvalue weighted by atomic mass is 32.1. The van der Waals surface area contributed by atoms with Crippen LogP contribution in [0.5, 0.6) is 5.75 Å². The second-order valence-electron chi connectivity index (χ2n) is 11.2. The van der Waals surface area contributed by atoms with E-state index in [1.807, 2.05) is 18.3 Å². The molecule has 2 aromatic heterocycles. The van der Waals surface area contributed by atoms with Crippen LogP contribution in [0.3, 0.4) is 0 Å². The number of aromatic nitrogens is 3. The van der Waals surface area contributed by atoms with Crippen LogP contribution in [0, 0.1) is 0 Å². The predicted octanol–water partition coefficient (Wildman–Crippen LogP) is 3.26. The number of ether oxygens (including phenoxy) is 1. The Morgan fingerprint density at radius 2 is 1.80 bits per heavy atom. The molecule has 12 heteroatoms. The van der Waals surface area contributed by atoms with Gasteiger partial charge in [-0.2, -0.15) is 0 Å². The third-order valence-corrected chi connectivity index (χ3v) is 9.12. The lowest BCUT2D eigenvalue weighted by Crippen LogP contribution is -2.52. The number of imide groups is 1. The molecule has 3 aliphatic rings. The van der Waals surface area contributed by atoms with Gasteiger partial charge in [-0.1, -0.05) is 30.3 Å². The first-order valence-corrected chi connectivity index (χ1v) is 15.6. The normalized spacial score (nSPS) is 18.8. The number of benzene rings is 2. The number of piperidine rings is 1. The summed E-state index contributed by atoms with van der Waals surface area (Å²) >= 11 is 1.54. The number of amides is 3. The molecule has 224 valence electrons. The number of thiazole rings is 1. The molecular weight excluding hydrogens is 578 g/mol. The number of nitrogens with one attached hydrogen (secondary N) is 1. The standard InChI is InChI=1S/C32H31N7O4S/c40-29-9-8-25(31(41)36-29)39-18-24-23(32(39)42)2-1-3-26(24)43-19-22-6-4-21(5-7-22)17-37-12-14-38(15-13-37)28-10-11-34-30(35-28)27-16-33-20-44-27/h1-7,10-11,16,20,25H,8-9,12-15,17-19H2,(H,36,40,41)/t25-/m0/s1. The molecular formula is C32H31N7O4S. The van der Waals surface area contributed by atoms with E-state index in [-0.39, 0.29) is 24.8 Å². The molecule has 7 rings (SSSR count). The van der Waals surface area contributed by atoms with Gasteiger partial charge in [-0.05, 0) is 35.7 Å². The smallest absolute Gasteiger partial charge is 0.255 e. The zero-order chi connectivity index (χ0) is 30.0. The van der Waals surface area contributed by atoms with Crippen molar-refractivity contribution < 1.29 is 19.1 Å². The van der Waals surface area contributed by atoms with E-state index in [9.17, 15) is 14.4 Å². The van der Waals surface area contributed by atoms with Crippen LogP contribution in [0.1, 0.15) is 39.9 Å². The van der Waals surface area contributed by atoms with Crippen molar-refractivity contribution in [3.63, 3.8) is 0 Å². The van der Waals surface area contributed by atoms with Crippen molar-refractivity contribution >= 4 is 34.9 Å². The minimum Gasteiger partial charge on any atom is -0.489 e. The highest BCUT2D eigenvalue weighted by Gasteiger charge is 2.40.